The van der Waals surface area contributed by atoms with Crippen LogP contribution in [0.5, 0.6) is 0 Å². The zero-order valence-electron chi connectivity index (χ0n) is 13.3. The number of fused-ring (bicyclic) bond motifs is 1. The fourth-order valence-corrected chi connectivity index (χ4v) is 3.77. The number of rotatable bonds is 3. The molecule has 2 aliphatic heterocycles. The van der Waals surface area contributed by atoms with Gasteiger partial charge >= 0.3 is 0 Å². The van der Waals surface area contributed by atoms with E-state index in [-0.39, 0.29) is 0 Å². The molecule has 2 unspecified atom stereocenters. The highest BCUT2D eigenvalue weighted by Crippen LogP contribution is 2.24. The molecule has 2 aliphatic rings. The molecule has 0 amide bonds. The second-order valence-corrected chi connectivity index (χ2v) is 7.24. The molecular formula is C17H29N3. The van der Waals surface area contributed by atoms with Crippen molar-refractivity contribution in [3.05, 3.63) is 17.7 Å². The number of aryl methyl sites for hydroxylation is 1. The third-order valence-corrected chi connectivity index (χ3v) is 5.08. The first-order chi connectivity index (χ1) is 9.61. The van der Waals surface area contributed by atoms with Gasteiger partial charge in [0.05, 0.1) is 5.69 Å². The van der Waals surface area contributed by atoms with Gasteiger partial charge in [0.25, 0.3) is 0 Å². The Bertz CT molecular complexity index is 449. The van der Waals surface area contributed by atoms with Crippen molar-refractivity contribution in [1.29, 1.82) is 0 Å². The predicted molar refractivity (Wildman–Crippen MR) is 82.8 cm³/mol. The Hall–Kier alpha value is -0.830. The maximum Gasteiger partial charge on any atom is 0.109 e. The first-order valence-corrected chi connectivity index (χ1v) is 8.40. The Balaban J connectivity index is 1.63. The minimum Gasteiger partial charge on any atom is -0.335 e. The van der Waals surface area contributed by atoms with Crippen molar-refractivity contribution in [2.45, 2.75) is 65.5 Å². The van der Waals surface area contributed by atoms with Gasteiger partial charge in [-0.3, -0.25) is 0 Å². The molecule has 0 aromatic carbocycles. The molecule has 0 bridgehead atoms. The van der Waals surface area contributed by atoms with Crippen molar-refractivity contribution in [2.75, 3.05) is 13.1 Å². The second-order valence-electron chi connectivity index (χ2n) is 7.24. The molecule has 3 heterocycles. The SMILES string of the molecule is CC1CCn2cc(CC3CCCN(C(C)C)C3)nc2C1. The molecule has 3 nitrogen and oxygen atoms in total. The molecule has 1 fully saturated rings. The number of nitrogens with zero attached hydrogens (tertiary/aromatic N) is 3. The zero-order chi connectivity index (χ0) is 14.1. The molecule has 0 aliphatic carbocycles. The van der Waals surface area contributed by atoms with Crippen molar-refractivity contribution >= 4 is 0 Å². The van der Waals surface area contributed by atoms with Gasteiger partial charge in [-0.2, -0.15) is 0 Å². The van der Waals surface area contributed by atoms with Crippen LogP contribution in [0.4, 0.5) is 0 Å². The van der Waals surface area contributed by atoms with Gasteiger partial charge < -0.3 is 9.47 Å². The van der Waals surface area contributed by atoms with E-state index in [2.05, 4.69) is 36.4 Å². The molecule has 2 atom stereocenters. The second kappa shape index (κ2) is 5.88. The Morgan fingerprint density at radius 3 is 2.95 bits per heavy atom. The largest absolute Gasteiger partial charge is 0.335 e. The number of aromatic nitrogens is 2. The van der Waals surface area contributed by atoms with Crippen molar-refractivity contribution in [1.82, 2.24) is 14.5 Å². The minimum atomic E-state index is 0.689. The van der Waals surface area contributed by atoms with Crippen molar-refractivity contribution in [2.24, 2.45) is 11.8 Å². The fraction of sp³-hybridized carbons (Fsp3) is 0.824. The van der Waals surface area contributed by atoms with E-state index >= 15 is 0 Å². The fourth-order valence-electron chi connectivity index (χ4n) is 3.77. The third-order valence-electron chi connectivity index (χ3n) is 5.08. The van der Waals surface area contributed by atoms with Crippen LogP contribution < -0.4 is 0 Å². The number of imidazole rings is 1. The standard InChI is InChI=1S/C17H29N3/c1-13(2)19-7-4-5-15(11-19)10-16-12-20-8-6-14(3)9-17(20)18-16/h12-15H,4-11H2,1-3H3. The lowest BCUT2D eigenvalue weighted by Crippen LogP contribution is -2.40. The average Bonchev–Trinajstić information content (AvgIpc) is 2.80. The molecule has 0 spiro atoms. The zero-order valence-corrected chi connectivity index (χ0v) is 13.3. The minimum absolute atomic E-state index is 0.689. The van der Waals surface area contributed by atoms with Gasteiger partial charge in [-0.1, -0.05) is 6.92 Å². The van der Waals surface area contributed by atoms with Gasteiger partial charge in [-0.05, 0) is 57.9 Å². The van der Waals surface area contributed by atoms with Gasteiger partial charge in [0.2, 0.25) is 0 Å². The van der Waals surface area contributed by atoms with Gasteiger partial charge in [0.15, 0.2) is 0 Å². The van der Waals surface area contributed by atoms with E-state index in [4.69, 9.17) is 4.98 Å². The van der Waals surface area contributed by atoms with Gasteiger partial charge in [0, 0.05) is 31.7 Å². The van der Waals surface area contributed by atoms with Crippen LogP contribution in [0.25, 0.3) is 0 Å². The van der Waals surface area contributed by atoms with Crippen molar-refractivity contribution in [3.63, 3.8) is 0 Å². The maximum atomic E-state index is 4.91. The van der Waals surface area contributed by atoms with Crippen molar-refractivity contribution < 1.29 is 0 Å². The molecule has 0 radical (unpaired) electrons. The van der Waals surface area contributed by atoms with Crippen LogP contribution in [0.15, 0.2) is 6.20 Å². The monoisotopic (exact) mass is 275 g/mol. The summed E-state index contributed by atoms with van der Waals surface area (Å²) in [4.78, 5) is 7.54. The highest BCUT2D eigenvalue weighted by Gasteiger charge is 2.24. The summed E-state index contributed by atoms with van der Waals surface area (Å²) in [6.45, 7) is 10.7. The van der Waals surface area contributed by atoms with Crippen LogP contribution in [0, 0.1) is 11.8 Å². The van der Waals surface area contributed by atoms with E-state index in [1.165, 1.54) is 63.3 Å². The lowest BCUT2D eigenvalue weighted by atomic mass is 9.93. The molecule has 20 heavy (non-hydrogen) atoms. The number of hydrogen-bond acceptors (Lipinski definition) is 2. The molecule has 1 aromatic heterocycles. The van der Waals surface area contributed by atoms with E-state index < -0.39 is 0 Å². The Labute approximate surface area is 123 Å². The first kappa shape index (κ1) is 14.1. The summed E-state index contributed by atoms with van der Waals surface area (Å²) in [5, 5.41) is 0. The topological polar surface area (TPSA) is 21.1 Å². The van der Waals surface area contributed by atoms with E-state index in [1.807, 2.05) is 0 Å². The highest BCUT2D eigenvalue weighted by molar-refractivity contribution is 5.08. The van der Waals surface area contributed by atoms with E-state index in [1.54, 1.807) is 0 Å². The van der Waals surface area contributed by atoms with Crippen molar-refractivity contribution in [3.8, 4) is 0 Å². The quantitative estimate of drug-likeness (QED) is 0.845. The number of piperidine rings is 1. The van der Waals surface area contributed by atoms with Crippen LogP contribution in [0.3, 0.4) is 0 Å². The summed E-state index contributed by atoms with van der Waals surface area (Å²) in [5.41, 5.74) is 1.34. The molecule has 3 rings (SSSR count). The van der Waals surface area contributed by atoms with Gasteiger partial charge in [-0.25, -0.2) is 4.98 Å². The summed E-state index contributed by atoms with van der Waals surface area (Å²) in [6, 6.07) is 0.689. The highest BCUT2D eigenvalue weighted by atomic mass is 15.2. The van der Waals surface area contributed by atoms with E-state index in [0.29, 0.717) is 6.04 Å². The van der Waals surface area contributed by atoms with Gasteiger partial charge in [-0.15, -0.1) is 0 Å². The normalized spacial score (nSPS) is 27.8. The predicted octanol–water partition coefficient (Wildman–Crippen LogP) is 3.13. The lowest BCUT2D eigenvalue weighted by molar-refractivity contribution is 0.139. The third kappa shape index (κ3) is 3.08. The molecule has 0 saturated carbocycles. The van der Waals surface area contributed by atoms with E-state index in [0.717, 1.165) is 11.8 Å². The smallest absolute Gasteiger partial charge is 0.109 e. The Morgan fingerprint density at radius 1 is 1.30 bits per heavy atom. The molecule has 1 saturated heterocycles. The Kier molecular flexibility index (Phi) is 4.16. The lowest BCUT2D eigenvalue weighted by Gasteiger charge is -2.35. The van der Waals surface area contributed by atoms with Crippen LogP contribution >= 0.6 is 0 Å². The van der Waals surface area contributed by atoms with Crippen LogP contribution in [-0.2, 0) is 19.4 Å². The first-order valence-electron chi connectivity index (χ1n) is 8.40. The van der Waals surface area contributed by atoms with Crippen LogP contribution in [0.1, 0.15) is 51.6 Å². The summed E-state index contributed by atoms with van der Waals surface area (Å²) < 4.78 is 2.40. The number of hydrogen-bond donors (Lipinski definition) is 0. The molecule has 112 valence electrons. The summed E-state index contributed by atoms with van der Waals surface area (Å²) >= 11 is 0. The summed E-state index contributed by atoms with van der Waals surface area (Å²) in [7, 11) is 0. The summed E-state index contributed by atoms with van der Waals surface area (Å²) in [5.74, 6) is 2.94. The maximum absolute atomic E-state index is 4.91. The summed E-state index contributed by atoms with van der Waals surface area (Å²) in [6.07, 6.45) is 8.72. The molecular weight excluding hydrogens is 246 g/mol. The number of likely N-dealkylation sites (tertiary alicyclic amines) is 1. The molecule has 3 heteroatoms. The van der Waals surface area contributed by atoms with Crippen LogP contribution in [-0.4, -0.2) is 33.6 Å². The molecule has 1 aromatic rings. The van der Waals surface area contributed by atoms with E-state index in [9.17, 15) is 0 Å². The Morgan fingerprint density at radius 2 is 2.15 bits per heavy atom. The van der Waals surface area contributed by atoms with Crippen LogP contribution in [0.2, 0.25) is 0 Å². The average molecular weight is 275 g/mol. The van der Waals surface area contributed by atoms with Gasteiger partial charge in [0.1, 0.15) is 5.82 Å². The molecule has 0 N–H and O–H groups in total.